The van der Waals surface area contributed by atoms with Gasteiger partial charge in [0.25, 0.3) is 0 Å². The fraction of sp³-hybridized carbons (Fsp3) is 0.846. The maximum absolute atomic E-state index is 4.56. The summed E-state index contributed by atoms with van der Waals surface area (Å²) in [6.07, 6.45) is 4.61. The fourth-order valence-electron chi connectivity index (χ4n) is 2.00. The van der Waals surface area contributed by atoms with Crippen molar-refractivity contribution in [1.82, 2.24) is 20.1 Å². The standard InChI is InChI=1S/C13H24N4/c1-4-12-15-13(5-2)17(16-12)9-10(3)8-14-11-6-7-11/h10-11,14H,4-9H2,1-3H3. The molecule has 1 fully saturated rings. The Balaban J connectivity index is 1.88. The van der Waals surface area contributed by atoms with Crippen LogP contribution in [0, 0.1) is 5.92 Å². The smallest absolute Gasteiger partial charge is 0.150 e. The first-order valence-corrected chi connectivity index (χ1v) is 6.88. The van der Waals surface area contributed by atoms with Crippen molar-refractivity contribution in [3.8, 4) is 0 Å². The summed E-state index contributed by atoms with van der Waals surface area (Å²) in [5.41, 5.74) is 0. The van der Waals surface area contributed by atoms with Crippen LogP contribution in [0.25, 0.3) is 0 Å². The number of nitrogens with one attached hydrogen (secondary N) is 1. The Morgan fingerprint density at radius 1 is 1.35 bits per heavy atom. The van der Waals surface area contributed by atoms with E-state index < -0.39 is 0 Å². The van der Waals surface area contributed by atoms with E-state index in [-0.39, 0.29) is 0 Å². The molecule has 4 heteroatoms. The molecule has 1 heterocycles. The van der Waals surface area contributed by atoms with Gasteiger partial charge < -0.3 is 5.32 Å². The number of rotatable bonds is 7. The third-order valence-corrected chi connectivity index (χ3v) is 3.24. The van der Waals surface area contributed by atoms with Gasteiger partial charge in [-0.2, -0.15) is 5.10 Å². The third kappa shape index (κ3) is 3.53. The minimum atomic E-state index is 0.618. The van der Waals surface area contributed by atoms with Crippen molar-refractivity contribution in [3.05, 3.63) is 11.6 Å². The molecule has 1 atom stereocenters. The van der Waals surface area contributed by atoms with Crippen LogP contribution in [-0.4, -0.2) is 27.4 Å². The average molecular weight is 236 g/mol. The number of hydrogen-bond donors (Lipinski definition) is 1. The molecule has 0 aliphatic heterocycles. The Kier molecular flexibility index (Phi) is 4.15. The first-order chi connectivity index (χ1) is 8.22. The van der Waals surface area contributed by atoms with E-state index >= 15 is 0 Å². The Labute approximate surface area is 104 Å². The van der Waals surface area contributed by atoms with Crippen LogP contribution in [0.2, 0.25) is 0 Å². The van der Waals surface area contributed by atoms with Crippen molar-refractivity contribution in [1.29, 1.82) is 0 Å². The Morgan fingerprint density at radius 3 is 2.71 bits per heavy atom. The Morgan fingerprint density at radius 2 is 2.12 bits per heavy atom. The van der Waals surface area contributed by atoms with Crippen molar-refractivity contribution in [3.63, 3.8) is 0 Å². The van der Waals surface area contributed by atoms with Crippen LogP contribution in [-0.2, 0) is 19.4 Å². The molecule has 2 rings (SSSR count). The van der Waals surface area contributed by atoms with Crippen LogP contribution in [0.3, 0.4) is 0 Å². The van der Waals surface area contributed by atoms with E-state index in [9.17, 15) is 0 Å². The van der Waals surface area contributed by atoms with Gasteiger partial charge in [0.1, 0.15) is 5.82 Å². The first-order valence-electron chi connectivity index (χ1n) is 6.88. The van der Waals surface area contributed by atoms with Crippen LogP contribution < -0.4 is 5.32 Å². The van der Waals surface area contributed by atoms with E-state index in [1.807, 2.05) is 0 Å². The van der Waals surface area contributed by atoms with E-state index in [0.29, 0.717) is 5.92 Å². The Hall–Kier alpha value is -0.900. The molecule has 0 saturated heterocycles. The second kappa shape index (κ2) is 5.63. The minimum Gasteiger partial charge on any atom is -0.314 e. The van der Waals surface area contributed by atoms with E-state index in [0.717, 1.165) is 43.6 Å². The molecule has 0 bridgehead atoms. The summed E-state index contributed by atoms with van der Waals surface area (Å²) in [6, 6.07) is 0.796. The lowest BCUT2D eigenvalue weighted by Crippen LogP contribution is -2.26. The van der Waals surface area contributed by atoms with Gasteiger partial charge in [-0.05, 0) is 25.3 Å². The summed E-state index contributed by atoms with van der Waals surface area (Å²) in [5.74, 6) is 2.72. The van der Waals surface area contributed by atoms with Crippen LogP contribution in [0.5, 0.6) is 0 Å². The topological polar surface area (TPSA) is 42.7 Å². The summed E-state index contributed by atoms with van der Waals surface area (Å²) in [6.45, 7) is 8.61. The zero-order valence-corrected chi connectivity index (χ0v) is 11.2. The van der Waals surface area contributed by atoms with Crippen molar-refractivity contribution in [2.75, 3.05) is 6.54 Å². The summed E-state index contributed by atoms with van der Waals surface area (Å²) in [5, 5.41) is 8.13. The highest BCUT2D eigenvalue weighted by atomic mass is 15.3. The monoisotopic (exact) mass is 236 g/mol. The van der Waals surface area contributed by atoms with Crippen molar-refractivity contribution in [2.45, 2.75) is 59.0 Å². The highest BCUT2D eigenvalue weighted by Gasteiger charge is 2.21. The molecular weight excluding hydrogens is 212 g/mol. The average Bonchev–Trinajstić information content (AvgIpc) is 3.08. The summed E-state index contributed by atoms with van der Waals surface area (Å²) >= 11 is 0. The number of hydrogen-bond acceptors (Lipinski definition) is 3. The minimum absolute atomic E-state index is 0.618. The molecular formula is C13H24N4. The predicted molar refractivity (Wildman–Crippen MR) is 69.0 cm³/mol. The predicted octanol–water partition coefficient (Wildman–Crippen LogP) is 1.79. The van der Waals surface area contributed by atoms with E-state index in [4.69, 9.17) is 0 Å². The normalized spacial score (nSPS) is 17.4. The second-order valence-corrected chi connectivity index (χ2v) is 5.12. The fourth-order valence-corrected chi connectivity index (χ4v) is 2.00. The number of nitrogens with zero attached hydrogens (tertiary/aromatic N) is 3. The molecule has 0 radical (unpaired) electrons. The highest BCUT2D eigenvalue weighted by molar-refractivity contribution is 4.93. The molecule has 0 amide bonds. The van der Waals surface area contributed by atoms with Crippen molar-refractivity contribution < 1.29 is 0 Å². The van der Waals surface area contributed by atoms with Crippen LogP contribution in [0.15, 0.2) is 0 Å². The lowest BCUT2D eigenvalue weighted by molar-refractivity contribution is 0.411. The number of aromatic nitrogens is 3. The van der Waals surface area contributed by atoms with Crippen molar-refractivity contribution in [2.24, 2.45) is 5.92 Å². The molecule has 1 N–H and O–H groups in total. The van der Waals surface area contributed by atoms with Gasteiger partial charge in [0.15, 0.2) is 5.82 Å². The first kappa shape index (κ1) is 12.6. The zero-order valence-electron chi connectivity index (χ0n) is 11.2. The largest absolute Gasteiger partial charge is 0.314 e. The van der Waals surface area contributed by atoms with Gasteiger partial charge in [0.2, 0.25) is 0 Å². The van der Waals surface area contributed by atoms with Crippen LogP contribution in [0.1, 0.15) is 45.3 Å². The molecule has 1 aromatic rings. The van der Waals surface area contributed by atoms with Crippen molar-refractivity contribution >= 4 is 0 Å². The number of aryl methyl sites for hydroxylation is 2. The van der Waals surface area contributed by atoms with E-state index in [2.05, 4.69) is 40.9 Å². The van der Waals surface area contributed by atoms with Gasteiger partial charge in [0.05, 0.1) is 0 Å². The van der Waals surface area contributed by atoms with Gasteiger partial charge in [-0.25, -0.2) is 9.67 Å². The maximum atomic E-state index is 4.56. The molecule has 1 aliphatic rings. The molecule has 1 saturated carbocycles. The quantitative estimate of drug-likeness (QED) is 0.785. The van der Waals surface area contributed by atoms with E-state index in [1.165, 1.54) is 12.8 Å². The van der Waals surface area contributed by atoms with Crippen LogP contribution >= 0.6 is 0 Å². The SMILES string of the molecule is CCc1nc(CC)n(CC(C)CNC2CC2)n1. The Bertz CT molecular complexity index is 354. The lowest BCUT2D eigenvalue weighted by Gasteiger charge is -2.13. The lowest BCUT2D eigenvalue weighted by atomic mass is 10.2. The molecule has 1 aliphatic carbocycles. The maximum Gasteiger partial charge on any atom is 0.150 e. The van der Waals surface area contributed by atoms with Gasteiger partial charge in [0, 0.05) is 25.4 Å². The third-order valence-electron chi connectivity index (χ3n) is 3.24. The molecule has 96 valence electrons. The van der Waals surface area contributed by atoms with Gasteiger partial charge in [-0.3, -0.25) is 0 Å². The molecule has 1 aromatic heterocycles. The molecule has 17 heavy (non-hydrogen) atoms. The molecule has 0 spiro atoms. The van der Waals surface area contributed by atoms with Gasteiger partial charge in [-0.1, -0.05) is 20.8 Å². The summed E-state index contributed by atoms with van der Waals surface area (Å²) in [7, 11) is 0. The highest BCUT2D eigenvalue weighted by Crippen LogP contribution is 2.19. The van der Waals surface area contributed by atoms with Gasteiger partial charge in [-0.15, -0.1) is 0 Å². The molecule has 4 nitrogen and oxygen atoms in total. The van der Waals surface area contributed by atoms with E-state index in [1.54, 1.807) is 0 Å². The molecule has 1 unspecified atom stereocenters. The van der Waals surface area contributed by atoms with Gasteiger partial charge >= 0.3 is 0 Å². The second-order valence-electron chi connectivity index (χ2n) is 5.12. The summed E-state index contributed by atoms with van der Waals surface area (Å²) in [4.78, 5) is 4.54. The molecule has 0 aromatic carbocycles. The van der Waals surface area contributed by atoms with Crippen LogP contribution in [0.4, 0.5) is 0 Å². The summed E-state index contributed by atoms with van der Waals surface area (Å²) < 4.78 is 2.10. The zero-order chi connectivity index (χ0) is 12.3.